The highest BCUT2D eigenvalue weighted by molar-refractivity contribution is 5.96. The average Bonchev–Trinajstić information content (AvgIpc) is 3.29. The third-order valence-electron chi connectivity index (χ3n) is 4.18. The number of likely N-dealkylation sites (tertiary alicyclic amines) is 1. The van der Waals surface area contributed by atoms with E-state index in [1.54, 1.807) is 28.0 Å². The van der Waals surface area contributed by atoms with Crippen LogP contribution in [0.1, 0.15) is 12.2 Å². The maximum atomic E-state index is 12.4. The van der Waals surface area contributed by atoms with E-state index in [0.717, 1.165) is 13.1 Å². The second-order valence-corrected chi connectivity index (χ2v) is 6.51. The lowest BCUT2D eigenvalue weighted by Crippen LogP contribution is -2.28. The SMILES string of the molecule is CN(C)CCn1ccc(NC(=O)[C@@H]2CC(=O)N(Cc3ccco3)C2)n1. The fourth-order valence-corrected chi connectivity index (χ4v) is 2.77. The topological polar surface area (TPSA) is 83.6 Å². The number of amides is 2. The van der Waals surface area contributed by atoms with Crippen LogP contribution in [0.4, 0.5) is 5.82 Å². The van der Waals surface area contributed by atoms with Crippen molar-refractivity contribution in [3.8, 4) is 0 Å². The van der Waals surface area contributed by atoms with Gasteiger partial charge in [-0.2, -0.15) is 5.10 Å². The number of nitrogens with zero attached hydrogens (tertiary/aromatic N) is 4. The van der Waals surface area contributed by atoms with E-state index in [9.17, 15) is 9.59 Å². The largest absolute Gasteiger partial charge is 0.467 e. The first kappa shape index (κ1) is 17.2. The molecule has 1 atom stereocenters. The summed E-state index contributed by atoms with van der Waals surface area (Å²) >= 11 is 0. The van der Waals surface area contributed by atoms with Crippen LogP contribution in [0.15, 0.2) is 35.1 Å². The van der Waals surface area contributed by atoms with Crippen LogP contribution in [-0.4, -0.2) is 58.6 Å². The van der Waals surface area contributed by atoms with Crippen molar-refractivity contribution in [2.45, 2.75) is 19.5 Å². The molecule has 25 heavy (non-hydrogen) atoms. The molecule has 3 rings (SSSR count). The third kappa shape index (κ3) is 4.48. The Morgan fingerprint density at radius 1 is 1.44 bits per heavy atom. The van der Waals surface area contributed by atoms with Crippen LogP contribution in [0, 0.1) is 5.92 Å². The van der Waals surface area contributed by atoms with Crippen LogP contribution >= 0.6 is 0 Å². The molecule has 0 saturated carbocycles. The van der Waals surface area contributed by atoms with Gasteiger partial charge >= 0.3 is 0 Å². The predicted molar refractivity (Wildman–Crippen MR) is 91.6 cm³/mol. The van der Waals surface area contributed by atoms with E-state index in [-0.39, 0.29) is 24.2 Å². The molecule has 2 amide bonds. The summed E-state index contributed by atoms with van der Waals surface area (Å²) in [6.07, 6.45) is 3.63. The molecule has 0 bridgehead atoms. The van der Waals surface area contributed by atoms with E-state index in [4.69, 9.17) is 4.42 Å². The van der Waals surface area contributed by atoms with Gasteiger partial charge in [0, 0.05) is 31.8 Å². The van der Waals surface area contributed by atoms with E-state index in [1.165, 1.54) is 0 Å². The molecule has 3 heterocycles. The van der Waals surface area contributed by atoms with Crippen molar-refractivity contribution in [2.75, 3.05) is 32.5 Å². The van der Waals surface area contributed by atoms with Gasteiger partial charge in [0.15, 0.2) is 5.82 Å². The Kier molecular flexibility index (Phi) is 5.18. The maximum Gasteiger partial charge on any atom is 0.230 e. The Hall–Kier alpha value is -2.61. The van der Waals surface area contributed by atoms with Crippen molar-refractivity contribution in [3.05, 3.63) is 36.4 Å². The fraction of sp³-hybridized carbons (Fsp3) is 0.471. The summed E-state index contributed by atoms with van der Waals surface area (Å²) in [6, 6.07) is 5.37. The van der Waals surface area contributed by atoms with E-state index in [2.05, 4.69) is 15.3 Å². The fourth-order valence-electron chi connectivity index (χ4n) is 2.77. The number of nitrogens with one attached hydrogen (secondary N) is 1. The molecule has 0 aromatic carbocycles. The van der Waals surface area contributed by atoms with E-state index >= 15 is 0 Å². The lowest BCUT2D eigenvalue weighted by molar-refractivity contribution is -0.128. The highest BCUT2D eigenvalue weighted by Crippen LogP contribution is 2.21. The second-order valence-electron chi connectivity index (χ2n) is 6.51. The van der Waals surface area contributed by atoms with Gasteiger partial charge in [0.25, 0.3) is 0 Å². The zero-order chi connectivity index (χ0) is 17.8. The van der Waals surface area contributed by atoms with Crippen molar-refractivity contribution < 1.29 is 14.0 Å². The molecule has 0 spiro atoms. The van der Waals surface area contributed by atoms with Gasteiger partial charge in [-0.3, -0.25) is 14.3 Å². The standard InChI is InChI=1S/C17H23N5O3/c1-20(2)7-8-22-6-5-15(19-22)18-17(24)13-10-16(23)21(11-13)12-14-4-3-9-25-14/h3-6,9,13H,7-8,10-12H2,1-2H3,(H,18,19,24)/t13-/m1/s1. The quantitative estimate of drug-likeness (QED) is 0.810. The lowest BCUT2D eigenvalue weighted by atomic mass is 10.1. The zero-order valence-corrected chi connectivity index (χ0v) is 14.5. The van der Waals surface area contributed by atoms with Crippen molar-refractivity contribution in [1.29, 1.82) is 0 Å². The van der Waals surface area contributed by atoms with Gasteiger partial charge in [0.1, 0.15) is 5.76 Å². The molecule has 0 aliphatic carbocycles. The number of likely N-dealkylation sites (N-methyl/N-ethyl adjacent to an activating group) is 1. The molecule has 1 aliphatic rings. The minimum absolute atomic E-state index is 0.0342. The number of furan rings is 1. The molecule has 2 aromatic rings. The Bertz CT molecular complexity index is 722. The van der Waals surface area contributed by atoms with E-state index < -0.39 is 0 Å². The summed E-state index contributed by atoms with van der Waals surface area (Å²) in [6.45, 7) is 2.41. The minimum atomic E-state index is -0.366. The van der Waals surface area contributed by atoms with Gasteiger partial charge < -0.3 is 19.5 Å². The number of anilines is 1. The van der Waals surface area contributed by atoms with Gasteiger partial charge in [0.05, 0.1) is 25.3 Å². The number of carbonyl (C=O) groups is 2. The molecule has 0 unspecified atom stereocenters. The third-order valence-corrected chi connectivity index (χ3v) is 4.18. The molecule has 0 radical (unpaired) electrons. The normalized spacial score (nSPS) is 17.5. The van der Waals surface area contributed by atoms with Crippen LogP contribution in [0.5, 0.6) is 0 Å². The molecule has 1 saturated heterocycles. The first-order valence-corrected chi connectivity index (χ1v) is 8.30. The summed E-state index contributed by atoms with van der Waals surface area (Å²) in [4.78, 5) is 28.2. The summed E-state index contributed by atoms with van der Waals surface area (Å²) < 4.78 is 7.06. The van der Waals surface area contributed by atoms with Crippen molar-refractivity contribution in [3.63, 3.8) is 0 Å². The molecule has 8 heteroatoms. The van der Waals surface area contributed by atoms with E-state index in [0.29, 0.717) is 24.7 Å². The minimum Gasteiger partial charge on any atom is -0.467 e. The lowest BCUT2D eigenvalue weighted by Gasteiger charge is -2.14. The first-order valence-electron chi connectivity index (χ1n) is 8.30. The molecule has 8 nitrogen and oxygen atoms in total. The molecular formula is C17H23N5O3. The van der Waals surface area contributed by atoms with Gasteiger partial charge in [-0.25, -0.2) is 0 Å². The molecule has 134 valence electrons. The molecule has 2 aromatic heterocycles. The Morgan fingerprint density at radius 3 is 3.00 bits per heavy atom. The highest BCUT2D eigenvalue weighted by Gasteiger charge is 2.34. The maximum absolute atomic E-state index is 12.4. The molecule has 1 fully saturated rings. The zero-order valence-electron chi connectivity index (χ0n) is 14.5. The van der Waals surface area contributed by atoms with Crippen molar-refractivity contribution in [2.24, 2.45) is 5.92 Å². The summed E-state index contributed by atoms with van der Waals surface area (Å²) in [7, 11) is 4.00. The summed E-state index contributed by atoms with van der Waals surface area (Å²) in [5, 5.41) is 7.14. The summed E-state index contributed by atoms with van der Waals surface area (Å²) in [5.74, 6) is 0.658. The van der Waals surface area contributed by atoms with Gasteiger partial charge in [-0.15, -0.1) is 0 Å². The highest BCUT2D eigenvalue weighted by atomic mass is 16.3. The van der Waals surface area contributed by atoms with Crippen LogP contribution in [0.2, 0.25) is 0 Å². The summed E-state index contributed by atoms with van der Waals surface area (Å²) in [5.41, 5.74) is 0. The molecule has 1 aliphatic heterocycles. The predicted octanol–water partition coefficient (Wildman–Crippen LogP) is 1.02. The average molecular weight is 345 g/mol. The van der Waals surface area contributed by atoms with Crippen molar-refractivity contribution >= 4 is 17.6 Å². The molecule has 1 N–H and O–H groups in total. The number of rotatable bonds is 7. The first-order chi connectivity index (χ1) is 12.0. The second kappa shape index (κ2) is 7.52. The monoisotopic (exact) mass is 345 g/mol. The van der Waals surface area contributed by atoms with Gasteiger partial charge in [0.2, 0.25) is 11.8 Å². The Labute approximate surface area is 146 Å². The number of carbonyl (C=O) groups excluding carboxylic acids is 2. The van der Waals surface area contributed by atoms with E-state index in [1.807, 2.05) is 26.4 Å². The van der Waals surface area contributed by atoms with Crippen LogP contribution in [0.3, 0.4) is 0 Å². The number of hydrogen-bond donors (Lipinski definition) is 1. The Morgan fingerprint density at radius 2 is 2.28 bits per heavy atom. The van der Waals surface area contributed by atoms with Crippen LogP contribution < -0.4 is 5.32 Å². The van der Waals surface area contributed by atoms with Gasteiger partial charge in [-0.1, -0.05) is 0 Å². The van der Waals surface area contributed by atoms with Gasteiger partial charge in [-0.05, 0) is 26.2 Å². The van der Waals surface area contributed by atoms with Crippen LogP contribution in [0.25, 0.3) is 0 Å². The molecular weight excluding hydrogens is 322 g/mol. The van der Waals surface area contributed by atoms with Crippen LogP contribution in [-0.2, 0) is 22.7 Å². The number of aromatic nitrogens is 2. The van der Waals surface area contributed by atoms with Crippen molar-refractivity contribution in [1.82, 2.24) is 19.6 Å². The number of hydrogen-bond acceptors (Lipinski definition) is 5. The smallest absolute Gasteiger partial charge is 0.230 e. The Balaban J connectivity index is 1.52.